The predicted molar refractivity (Wildman–Crippen MR) is 60.1 cm³/mol. The highest BCUT2D eigenvalue weighted by Crippen LogP contribution is 2.38. The first kappa shape index (κ1) is 12.0. The normalized spacial score (nSPS) is 10.1. The lowest BCUT2D eigenvalue weighted by Crippen LogP contribution is -2.00. The van der Waals surface area contributed by atoms with Crippen LogP contribution in [0.1, 0.15) is 20.3 Å². The number of hydrogen-bond donors (Lipinski definition) is 1. The second-order valence-electron chi connectivity index (χ2n) is 3.04. The van der Waals surface area contributed by atoms with Crippen LogP contribution in [0.25, 0.3) is 0 Å². The van der Waals surface area contributed by atoms with Crippen LogP contribution in [-0.4, -0.2) is 18.3 Å². The molecule has 1 rings (SSSR count). The van der Waals surface area contributed by atoms with E-state index in [2.05, 4.69) is 0 Å². The summed E-state index contributed by atoms with van der Waals surface area (Å²) >= 11 is 5.94. The molecule has 0 radical (unpaired) electrons. The summed E-state index contributed by atoms with van der Waals surface area (Å²) in [6.45, 7) is 4.95. The number of phenols is 1. The van der Waals surface area contributed by atoms with Crippen molar-refractivity contribution < 1.29 is 14.6 Å². The largest absolute Gasteiger partial charge is 0.508 e. The fourth-order valence-corrected chi connectivity index (χ4v) is 1.42. The van der Waals surface area contributed by atoms with E-state index >= 15 is 0 Å². The fourth-order valence-electron chi connectivity index (χ4n) is 1.16. The van der Waals surface area contributed by atoms with E-state index in [4.69, 9.17) is 21.1 Å². The van der Waals surface area contributed by atoms with E-state index in [0.29, 0.717) is 29.7 Å². The third-order valence-electron chi connectivity index (χ3n) is 1.74. The topological polar surface area (TPSA) is 38.7 Å². The standard InChI is InChI=1S/C11H15ClO3/c1-3-5-15-11-9(12)6-8(13)7-10(11)14-4-2/h6-7,13H,3-5H2,1-2H3. The van der Waals surface area contributed by atoms with Crippen LogP contribution < -0.4 is 9.47 Å². The maximum absolute atomic E-state index is 9.35. The van der Waals surface area contributed by atoms with Crippen LogP contribution in [-0.2, 0) is 0 Å². The van der Waals surface area contributed by atoms with Crippen LogP contribution in [0.3, 0.4) is 0 Å². The van der Waals surface area contributed by atoms with E-state index in [1.54, 1.807) is 0 Å². The number of halogens is 1. The summed E-state index contributed by atoms with van der Waals surface area (Å²) < 4.78 is 10.8. The van der Waals surface area contributed by atoms with Gasteiger partial charge >= 0.3 is 0 Å². The Morgan fingerprint density at radius 2 is 2.00 bits per heavy atom. The molecule has 0 amide bonds. The maximum atomic E-state index is 9.35. The molecule has 0 aliphatic heterocycles. The average Bonchev–Trinajstić information content (AvgIpc) is 2.17. The van der Waals surface area contributed by atoms with Gasteiger partial charge in [0.05, 0.1) is 18.2 Å². The molecule has 0 aromatic heterocycles. The summed E-state index contributed by atoms with van der Waals surface area (Å²) in [7, 11) is 0. The van der Waals surface area contributed by atoms with Crippen LogP contribution >= 0.6 is 11.6 Å². The number of aromatic hydroxyl groups is 1. The van der Waals surface area contributed by atoms with Gasteiger partial charge in [-0.15, -0.1) is 0 Å². The van der Waals surface area contributed by atoms with Crippen LogP contribution in [0.2, 0.25) is 5.02 Å². The Morgan fingerprint density at radius 3 is 2.60 bits per heavy atom. The Bertz CT molecular complexity index is 326. The van der Waals surface area contributed by atoms with Gasteiger partial charge in [0.15, 0.2) is 11.5 Å². The van der Waals surface area contributed by atoms with Crippen LogP contribution in [0.4, 0.5) is 0 Å². The molecule has 1 aromatic carbocycles. The highest BCUT2D eigenvalue weighted by molar-refractivity contribution is 6.32. The predicted octanol–water partition coefficient (Wildman–Crippen LogP) is 3.23. The maximum Gasteiger partial charge on any atom is 0.180 e. The molecule has 4 heteroatoms. The molecule has 0 fully saturated rings. The minimum absolute atomic E-state index is 0.0762. The number of rotatable bonds is 5. The molecule has 0 saturated carbocycles. The van der Waals surface area contributed by atoms with Crippen molar-refractivity contribution in [1.29, 1.82) is 0 Å². The molecule has 1 N–H and O–H groups in total. The summed E-state index contributed by atoms with van der Waals surface area (Å²) in [5.74, 6) is 1.06. The lowest BCUT2D eigenvalue weighted by molar-refractivity contribution is 0.275. The summed E-state index contributed by atoms with van der Waals surface area (Å²) in [6.07, 6.45) is 0.892. The van der Waals surface area contributed by atoms with Crippen molar-refractivity contribution in [2.75, 3.05) is 13.2 Å². The second-order valence-corrected chi connectivity index (χ2v) is 3.44. The first-order valence-electron chi connectivity index (χ1n) is 4.97. The number of phenolic OH excluding ortho intramolecular Hbond substituents is 1. The van der Waals surface area contributed by atoms with Crippen molar-refractivity contribution in [3.05, 3.63) is 17.2 Å². The lowest BCUT2D eigenvalue weighted by atomic mass is 10.3. The monoisotopic (exact) mass is 230 g/mol. The van der Waals surface area contributed by atoms with Gasteiger partial charge in [0.2, 0.25) is 0 Å². The van der Waals surface area contributed by atoms with Gasteiger partial charge in [-0.2, -0.15) is 0 Å². The number of ether oxygens (including phenoxy) is 2. The van der Waals surface area contributed by atoms with Gasteiger partial charge in [0.25, 0.3) is 0 Å². The zero-order valence-electron chi connectivity index (χ0n) is 8.92. The second kappa shape index (κ2) is 5.71. The molecule has 0 atom stereocenters. The van der Waals surface area contributed by atoms with Crippen molar-refractivity contribution >= 4 is 11.6 Å². The van der Waals surface area contributed by atoms with Gasteiger partial charge in [-0.25, -0.2) is 0 Å². The summed E-state index contributed by atoms with van der Waals surface area (Å²) in [6, 6.07) is 2.94. The minimum atomic E-state index is 0.0762. The van der Waals surface area contributed by atoms with Gasteiger partial charge in [0, 0.05) is 12.1 Å². The van der Waals surface area contributed by atoms with E-state index in [-0.39, 0.29) is 5.75 Å². The zero-order chi connectivity index (χ0) is 11.3. The van der Waals surface area contributed by atoms with Crippen molar-refractivity contribution in [3.63, 3.8) is 0 Å². The molecule has 0 aliphatic carbocycles. The van der Waals surface area contributed by atoms with Crippen LogP contribution in [0, 0.1) is 0 Å². The molecule has 15 heavy (non-hydrogen) atoms. The van der Waals surface area contributed by atoms with Crippen molar-refractivity contribution in [1.82, 2.24) is 0 Å². The van der Waals surface area contributed by atoms with Crippen molar-refractivity contribution in [3.8, 4) is 17.2 Å². The van der Waals surface area contributed by atoms with Crippen molar-refractivity contribution in [2.24, 2.45) is 0 Å². The van der Waals surface area contributed by atoms with Gasteiger partial charge < -0.3 is 14.6 Å². The molecule has 0 saturated heterocycles. The van der Waals surface area contributed by atoms with Gasteiger partial charge in [0.1, 0.15) is 5.75 Å². The Hall–Kier alpha value is -1.09. The third-order valence-corrected chi connectivity index (χ3v) is 2.03. The molecule has 3 nitrogen and oxygen atoms in total. The Kier molecular flexibility index (Phi) is 4.56. The van der Waals surface area contributed by atoms with Gasteiger partial charge in [-0.3, -0.25) is 0 Å². The molecular formula is C11H15ClO3. The first-order valence-corrected chi connectivity index (χ1v) is 5.35. The highest BCUT2D eigenvalue weighted by atomic mass is 35.5. The molecule has 0 bridgehead atoms. The summed E-state index contributed by atoms with van der Waals surface area (Å²) in [5, 5.41) is 9.72. The Morgan fingerprint density at radius 1 is 1.27 bits per heavy atom. The van der Waals surface area contributed by atoms with Gasteiger partial charge in [-0.05, 0) is 13.3 Å². The molecule has 84 valence electrons. The number of benzene rings is 1. The Labute approximate surface area is 94.6 Å². The molecule has 0 spiro atoms. The smallest absolute Gasteiger partial charge is 0.180 e. The lowest BCUT2D eigenvalue weighted by Gasteiger charge is -2.13. The summed E-state index contributed by atoms with van der Waals surface area (Å²) in [5.41, 5.74) is 0. The van der Waals surface area contributed by atoms with Crippen LogP contribution in [0.5, 0.6) is 17.2 Å². The minimum Gasteiger partial charge on any atom is -0.508 e. The zero-order valence-corrected chi connectivity index (χ0v) is 9.67. The van der Waals surface area contributed by atoms with E-state index < -0.39 is 0 Å². The molecular weight excluding hydrogens is 216 g/mol. The van der Waals surface area contributed by atoms with E-state index in [1.807, 2.05) is 13.8 Å². The highest BCUT2D eigenvalue weighted by Gasteiger charge is 2.11. The van der Waals surface area contributed by atoms with E-state index in [9.17, 15) is 5.11 Å². The first-order chi connectivity index (χ1) is 7.19. The molecule has 1 aromatic rings. The van der Waals surface area contributed by atoms with Gasteiger partial charge in [-0.1, -0.05) is 18.5 Å². The Balaban J connectivity index is 2.97. The van der Waals surface area contributed by atoms with E-state index in [1.165, 1.54) is 12.1 Å². The number of hydrogen-bond acceptors (Lipinski definition) is 3. The molecule has 0 heterocycles. The average molecular weight is 231 g/mol. The molecule has 0 aliphatic rings. The fraction of sp³-hybridized carbons (Fsp3) is 0.455. The summed E-state index contributed by atoms with van der Waals surface area (Å²) in [4.78, 5) is 0. The van der Waals surface area contributed by atoms with E-state index in [0.717, 1.165) is 6.42 Å². The van der Waals surface area contributed by atoms with Crippen molar-refractivity contribution in [2.45, 2.75) is 20.3 Å². The SMILES string of the molecule is CCCOc1c(Cl)cc(O)cc1OCC. The third kappa shape index (κ3) is 3.20. The molecule has 0 unspecified atom stereocenters. The quantitative estimate of drug-likeness (QED) is 0.844. The van der Waals surface area contributed by atoms with Crippen LogP contribution in [0.15, 0.2) is 12.1 Å².